The average molecular weight is 286 g/mol. The summed E-state index contributed by atoms with van der Waals surface area (Å²) >= 11 is 1.05. The molecule has 0 radical (unpaired) electrons. The van der Waals surface area contributed by atoms with Gasteiger partial charge in [0.2, 0.25) is 0 Å². The Hall–Kier alpha value is -1.77. The Morgan fingerprint density at radius 1 is 1.53 bits per heavy atom. The first-order valence-corrected chi connectivity index (χ1v) is 6.71. The highest BCUT2D eigenvalue weighted by Gasteiger charge is 2.48. The summed E-state index contributed by atoms with van der Waals surface area (Å²) in [5.74, 6) is -1.48. The molecule has 0 saturated carbocycles. The smallest absolute Gasteiger partial charge is 0.325 e. The van der Waals surface area contributed by atoms with Gasteiger partial charge in [-0.15, -0.1) is 0 Å². The van der Waals surface area contributed by atoms with Crippen molar-refractivity contribution < 1.29 is 19.5 Å². The summed E-state index contributed by atoms with van der Waals surface area (Å²) in [6.45, 7) is 2.37. The normalized spacial score (nSPS) is 26.1. The van der Waals surface area contributed by atoms with Gasteiger partial charge in [-0.3, -0.25) is 14.9 Å². The fourth-order valence-electron chi connectivity index (χ4n) is 2.08. The molecule has 2 N–H and O–H groups in total. The minimum Gasteiger partial charge on any atom is -0.481 e. The van der Waals surface area contributed by atoms with E-state index in [-0.39, 0.29) is 5.75 Å². The topological polar surface area (TPSA) is 102 Å². The van der Waals surface area contributed by atoms with Gasteiger partial charge in [-0.1, -0.05) is 11.8 Å². The Kier molecular flexibility index (Phi) is 3.65. The molecule has 2 unspecified atom stereocenters. The molecule has 2 aliphatic heterocycles. The van der Waals surface area contributed by atoms with Gasteiger partial charge in [-0.25, -0.2) is 9.79 Å². The second-order valence-electron chi connectivity index (χ2n) is 4.14. The van der Waals surface area contributed by atoms with E-state index >= 15 is 0 Å². The third-order valence-electron chi connectivity index (χ3n) is 2.99. The third-order valence-corrected chi connectivity index (χ3v) is 3.98. The molecule has 19 heavy (non-hydrogen) atoms. The maximum absolute atomic E-state index is 11.9. The fourth-order valence-corrected chi connectivity index (χ4v) is 2.92. The molecule has 0 spiro atoms. The number of amides is 3. The summed E-state index contributed by atoms with van der Waals surface area (Å²) in [5.41, 5.74) is 0. The molecule has 9 heteroatoms. The van der Waals surface area contributed by atoms with Crippen LogP contribution in [0.2, 0.25) is 0 Å². The largest absolute Gasteiger partial charge is 0.481 e. The number of rotatable bonds is 3. The molecule has 0 aliphatic carbocycles. The summed E-state index contributed by atoms with van der Waals surface area (Å²) in [6, 6.07) is -1.07. The van der Waals surface area contributed by atoms with Crippen LogP contribution in [-0.4, -0.2) is 69.5 Å². The van der Waals surface area contributed by atoms with Crippen LogP contribution in [0.25, 0.3) is 0 Å². The number of hydrogen-bond donors (Lipinski definition) is 2. The van der Waals surface area contributed by atoms with E-state index in [9.17, 15) is 14.4 Å². The second kappa shape index (κ2) is 5.08. The number of nitrogens with zero attached hydrogens (tertiary/aromatic N) is 3. The minimum absolute atomic E-state index is 0.131. The lowest BCUT2D eigenvalue weighted by Gasteiger charge is -2.35. The first-order chi connectivity index (χ1) is 8.95. The zero-order chi connectivity index (χ0) is 14.2. The lowest BCUT2D eigenvalue weighted by Crippen LogP contribution is -2.63. The number of thioether (sulfide) groups is 1. The summed E-state index contributed by atoms with van der Waals surface area (Å²) in [7, 11) is 1.56. The maximum atomic E-state index is 11.9. The molecule has 0 aromatic rings. The Morgan fingerprint density at radius 2 is 2.21 bits per heavy atom. The van der Waals surface area contributed by atoms with Crippen LogP contribution in [0.1, 0.15) is 6.92 Å². The van der Waals surface area contributed by atoms with Gasteiger partial charge >= 0.3 is 12.0 Å². The molecule has 0 bridgehead atoms. The van der Waals surface area contributed by atoms with Gasteiger partial charge in [0.15, 0.2) is 17.4 Å². The molecule has 2 aliphatic rings. The molecule has 1 saturated heterocycles. The van der Waals surface area contributed by atoms with Gasteiger partial charge in [-0.2, -0.15) is 0 Å². The van der Waals surface area contributed by atoms with Crippen LogP contribution in [0.4, 0.5) is 4.79 Å². The van der Waals surface area contributed by atoms with E-state index in [0.717, 1.165) is 11.8 Å². The van der Waals surface area contributed by atoms with Crippen molar-refractivity contribution in [2.45, 2.75) is 19.1 Å². The van der Waals surface area contributed by atoms with Crippen LogP contribution < -0.4 is 5.32 Å². The monoisotopic (exact) mass is 286 g/mol. The number of likely N-dealkylation sites (N-methyl/N-ethyl adjacent to an activating group) is 2. The number of nitrogens with one attached hydrogen (secondary N) is 1. The Labute approximate surface area is 113 Å². The number of carboxylic acids is 1. The van der Waals surface area contributed by atoms with Crippen molar-refractivity contribution in [3.63, 3.8) is 0 Å². The van der Waals surface area contributed by atoms with Crippen molar-refractivity contribution >= 4 is 34.8 Å². The molecule has 0 aromatic carbocycles. The standard InChI is InChI=1S/C10H14N4O4S/c1-3-14-6-7(11-10(14)19-4-5(15)16)13(2)9(18)12-8(6)17/h6-7H,3-4H2,1-2H3,(H,15,16)(H,12,17,18). The first kappa shape index (κ1) is 13.7. The maximum Gasteiger partial charge on any atom is 0.325 e. The number of carboxylic acid groups (broad SMARTS) is 1. The highest BCUT2D eigenvalue weighted by Crippen LogP contribution is 2.27. The van der Waals surface area contributed by atoms with Crippen molar-refractivity contribution in [2.75, 3.05) is 19.3 Å². The lowest BCUT2D eigenvalue weighted by atomic mass is 10.1. The average Bonchev–Trinajstić information content (AvgIpc) is 2.72. The van der Waals surface area contributed by atoms with Crippen LogP contribution in [0, 0.1) is 0 Å². The van der Waals surface area contributed by atoms with Gasteiger partial charge in [0.25, 0.3) is 5.91 Å². The number of carbonyl (C=O) groups excluding carboxylic acids is 2. The summed E-state index contributed by atoms with van der Waals surface area (Å²) in [5, 5.41) is 11.4. The predicted octanol–water partition coefficient (Wildman–Crippen LogP) is -0.628. The van der Waals surface area contributed by atoms with E-state index in [1.165, 1.54) is 4.90 Å². The molecule has 3 amide bonds. The van der Waals surface area contributed by atoms with Crippen LogP contribution in [0.15, 0.2) is 4.99 Å². The van der Waals surface area contributed by atoms with Crippen molar-refractivity contribution in [3.8, 4) is 0 Å². The molecule has 104 valence electrons. The van der Waals surface area contributed by atoms with E-state index < -0.39 is 30.1 Å². The fraction of sp³-hybridized carbons (Fsp3) is 0.600. The second-order valence-corrected chi connectivity index (χ2v) is 5.09. The van der Waals surface area contributed by atoms with Crippen molar-refractivity contribution in [2.24, 2.45) is 4.99 Å². The number of imide groups is 1. The number of fused-ring (bicyclic) bond motifs is 1. The van der Waals surface area contributed by atoms with Crippen LogP contribution in [0.5, 0.6) is 0 Å². The molecule has 8 nitrogen and oxygen atoms in total. The number of hydrogen-bond acceptors (Lipinski definition) is 6. The highest BCUT2D eigenvalue weighted by molar-refractivity contribution is 8.14. The number of urea groups is 1. The van der Waals surface area contributed by atoms with E-state index in [1.807, 2.05) is 6.92 Å². The van der Waals surface area contributed by atoms with E-state index in [4.69, 9.17) is 5.11 Å². The number of aliphatic carboxylic acids is 1. The van der Waals surface area contributed by atoms with Crippen LogP contribution in [-0.2, 0) is 9.59 Å². The molecule has 2 atom stereocenters. The summed E-state index contributed by atoms with van der Waals surface area (Å²) in [4.78, 5) is 41.4. The summed E-state index contributed by atoms with van der Waals surface area (Å²) < 4.78 is 0. The molecular weight excluding hydrogens is 272 g/mol. The number of carbonyl (C=O) groups is 3. The number of aliphatic imine (C=N–C) groups is 1. The van der Waals surface area contributed by atoms with Crippen molar-refractivity contribution in [3.05, 3.63) is 0 Å². The van der Waals surface area contributed by atoms with Crippen LogP contribution in [0.3, 0.4) is 0 Å². The lowest BCUT2D eigenvalue weighted by molar-refractivity contribution is -0.134. The molecule has 2 rings (SSSR count). The van der Waals surface area contributed by atoms with Gasteiger partial charge < -0.3 is 14.9 Å². The number of amidine groups is 1. The SMILES string of the molecule is CCN1C(SCC(=O)O)=NC2C1C(=O)NC(=O)N2C. The Bertz CT molecular complexity index is 466. The molecular formula is C10H14N4O4S. The zero-order valence-corrected chi connectivity index (χ0v) is 11.3. The first-order valence-electron chi connectivity index (χ1n) is 5.72. The quantitative estimate of drug-likeness (QED) is 0.716. The third kappa shape index (κ3) is 2.37. The van der Waals surface area contributed by atoms with E-state index in [0.29, 0.717) is 11.7 Å². The minimum atomic E-state index is -0.951. The highest BCUT2D eigenvalue weighted by atomic mass is 32.2. The Morgan fingerprint density at radius 3 is 2.79 bits per heavy atom. The van der Waals surface area contributed by atoms with Crippen molar-refractivity contribution in [1.29, 1.82) is 0 Å². The van der Waals surface area contributed by atoms with Gasteiger partial charge in [-0.05, 0) is 6.92 Å². The van der Waals surface area contributed by atoms with E-state index in [2.05, 4.69) is 10.3 Å². The van der Waals surface area contributed by atoms with Gasteiger partial charge in [0, 0.05) is 13.6 Å². The zero-order valence-electron chi connectivity index (χ0n) is 10.5. The van der Waals surface area contributed by atoms with Gasteiger partial charge in [0.05, 0.1) is 5.75 Å². The van der Waals surface area contributed by atoms with E-state index in [1.54, 1.807) is 11.9 Å². The van der Waals surface area contributed by atoms with Crippen molar-refractivity contribution in [1.82, 2.24) is 15.1 Å². The summed E-state index contributed by atoms with van der Waals surface area (Å²) in [6.07, 6.45) is -0.586. The predicted molar refractivity (Wildman–Crippen MR) is 68.8 cm³/mol. The molecule has 1 fully saturated rings. The Balaban J connectivity index is 2.23. The van der Waals surface area contributed by atoms with Crippen LogP contribution >= 0.6 is 11.8 Å². The molecule has 2 heterocycles. The molecule has 0 aromatic heterocycles. The van der Waals surface area contributed by atoms with Gasteiger partial charge in [0.1, 0.15) is 0 Å².